The Morgan fingerprint density at radius 3 is 2.44 bits per heavy atom. The van der Waals surface area contributed by atoms with Crippen LogP contribution in [0.4, 0.5) is 23.1 Å². The minimum absolute atomic E-state index is 0. The normalized spacial score (nSPS) is 9.33. The number of non-ortho nitro benzene ring substituents is 1. The molecule has 7 nitrogen and oxygen atoms in total. The maximum absolute atomic E-state index is 10.5. The molecule has 1 heterocycles. The second-order valence-electron chi connectivity index (χ2n) is 3.23. The van der Waals surface area contributed by atoms with Gasteiger partial charge in [-0.2, -0.15) is 4.98 Å². The summed E-state index contributed by atoms with van der Waals surface area (Å²) >= 11 is 0. The maximum atomic E-state index is 10.5. The Kier molecular flexibility index (Phi) is 4.39. The molecule has 0 bridgehead atoms. The predicted octanol–water partition coefficient (Wildman–Crippen LogP) is 2.13. The summed E-state index contributed by atoms with van der Waals surface area (Å²) in [7, 11) is 0. The molecule has 0 atom stereocenters. The molecule has 2 rings (SSSR count). The van der Waals surface area contributed by atoms with Gasteiger partial charge >= 0.3 is 0 Å². The van der Waals surface area contributed by atoms with Gasteiger partial charge in [0.25, 0.3) is 5.69 Å². The van der Waals surface area contributed by atoms with E-state index in [1.54, 1.807) is 18.2 Å². The molecular formula is C10H10ClN5O2. The summed E-state index contributed by atoms with van der Waals surface area (Å²) in [6, 6.07) is 7.51. The van der Waals surface area contributed by atoms with Crippen LogP contribution in [-0.4, -0.2) is 14.9 Å². The highest BCUT2D eigenvalue weighted by Crippen LogP contribution is 2.17. The highest BCUT2D eigenvalue weighted by Gasteiger charge is 2.04. The molecule has 0 spiro atoms. The standard InChI is InChI=1S/C10H9N5O2.ClH/c11-9-5-6-12-10(14-9)13-7-1-3-8(4-2-7)15(16)17;/h1-6H,(H3,11,12,13,14);1H. The van der Waals surface area contributed by atoms with E-state index in [1.807, 2.05) is 0 Å². The number of nitrogens with two attached hydrogens (primary N) is 1. The third kappa shape index (κ3) is 3.29. The van der Waals surface area contributed by atoms with Crippen LogP contribution in [0.15, 0.2) is 36.5 Å². The van der Waals surface area contributed by atoms with E-state index in [0.717, 1.165) is 0 Å². The summed E-state index contributed by atoms with van der Waals surface area (Å²) in [5.74, 6) is 0.697. The van der Waals surface area contributed by atoms with E-state index in [0.29, 0.717) is 17.5 Å². The number of aromatic nitrogens is 2. The number of hydrogen-bond acceptors (Lipinski definition) is 6. The molecule has 2 aromatic rings. The molecule has 18 heavy (non-hydrogen) atoms. The van der Waals surface area contributed by atoms with Gasteiger partial charge in [0.2, 0.25) is 5.95 Å². The quantitative estimate of drug-likeness (QED) is 0.652. The molecule has 0 unspecified atom stereocenters. The SMILES string of the molecule is Cl.Nc1ccnc(Nc2ccc([N+](=O)[O-])cc2)n1. The lowest BCUT2D eigenvalue weighted by Gasteiger charge is -2.04. The van der Waals surface area contributed by atoms with Crippen LogP contribution < -0.4 is 11.1 Å². The van der Waals surface area contributed by atoms with Crippen molar-refractivity contribution in [2.24, 2.45) is 0 Å². The summed E-state index contributed by atoms with van der Waals surface area (Å²) in [6.45, 7) is 0. The van der Waals surface area contributed by atoms with Crippen molar-refractivity contribution >= 4 is 35.5 Å². The fraction of sp³-hybridized carbons (Fsp3) is 0. The zero-order chi connectivity index (χ0) is 12.3. The minimum Gasteiger partial charge on any atom is -0.384 e. The predicted molar refractivity (Wildman–Crippen MR) is 70.1 cm³/mol. The van der Waals surface area contributed by atoms with E-state index in [1.165, 1.54) is 18.3 Å². The summed E-state index contributed by atoms with van der Waals surface area (Å²) < 4.78 is 0. The van der Waals surface area contributed by atoms with Crippen molar-refractivity contribution in [3.05, 3.63) is 46.6 Å². The summed E-state index contributed by atoms with van der Waals surface area (Å²) in [6.07, 6.45) is 1.52. The average Bonchev–Trinajstić information content (AvgIpc) is 2.29. The fourth-order valence-corrected chi connectivity index (χ4v) is 1.23. The van der Waals surface area contributed by atoms with Crippen molar-refractivity contribution in [2.75, 3.05) is 11.1 Å². The first-order valence-electron chi connectivity index (χ1n) is 4.75. The first kappa shape index (κ1) is 13.7. The van der Waals surface area contributed by atoms with Crippen LogP contribution in [0.5, 0.6) is 0 Å². The molecule has 0 aliphatic rings. The molecule has 0 saturated heterocycles. The Balaban J connectivity index is 0.00000162. The van der Waals surface area contributed by atoms with Crippen LogP contribution in [0.25, 0.3) is 0 Å². The van der Waals surface area contributed by atoms with Gasteiger partial charge in [-0.3, -0.25) is 10.1 Å². The Morgan fingerprint density at radius 2 is 1.89 bits per heavy atom. The monoisotopic (exact) mass is 267 g/mol. The van der Waals surface area contributed by atoms with Crippen molar-refractivity contribution in [1.82, 2.24) is 9.97 Å². The largest absolute Gasteiger partial charge is 0.384 e. The van der Waals surface area contributed by atoms with Crippen LogP contribution in [-0.2, 0) is 0 Å². The third-order valence-electron chi connectivity index (χ3n) is 2.01. The van der Waals surface area contributed by atoms with Crippen molar-refractivity contribution < 1.29 is 4.92 Å². The smallest absolute Gasteiger partial charge is 0.269 e. The van der Waals surface area contributed by atoms with E-state index in [-0.39, 0.29) is 18.1 Å². The molecule has 1 aromatic heterocycles. The number of hydrogen-bond donors (Lipinski definition) is 2. The third-order valence-corrected chi connectivity index (χ3v) is 2.01. The van der Waals surface area contributed by atoms with Gasteiger partial charge < -0.3 is 11.1 Å². The highest BCUT2D eigenvalue weighted by molar-refractivity contribution is 5.85. The number of nitrogen functional groups attached to an aromatic ring is 1. The number of nitrogens with one attached hydrogen (secondary N) is 1. The molecule has 8 heteroatoms. The molecule has 3 N–H and O–H groups in total. The first-order chi connectivity index (χ1) is 8.15. The zero-order valence-electron chi connectivity index (χ0n) is 9.11. The Labute approximate surface area is 109 Å². The van der Waals surface area contributed by atoms with E-state index in [9.17, 15) is 10.1 Å². The van der Waals surface area contributed by atoms with Crippen molar-refractivity contribution in [3.63, 3.8) is 0 Å². The topological polar surface area (TPSA) is 107 Å². The van der Waals surface area contributed by atoms with Crippen molar-refractivity contribution in [2.45, 2.75) is 0 Å². The molecule has 94 valence electrons. The Bertz CT molecular complexity index is 546. The number of nitro benzene ring substituents is 1. The van der Waals surface area contributed by atoms with Gasteiger partial charge in [0, 0.05) is 24.0 Å². The molecule has 0 radical (unpaired) electrons. The van der Waals surface area contributed by atoms with Crippen molar-refractivity contribution in [3.8, 4) is 0 Å². The molecular weight excluding hydrogens is 258 g/mol. The number of benzene rings is 1. The number of halogens is 1. The van der Waals surface area contributed by atoms with Gasteiger partial charge in [-0.05, 0) is 18.2 Å². The van der Waals surface area contributed by atoms with E-state index in [2.05, 4.69) is 15.3 Å². The van der Waals surface area contributed by atoms with Gasteiger partial charge in [0.15, 0.2) is 0 Å². The van der Waals surface area contributed by atoms with Gasteiger partial charge in [-0.15, -0.1) is 12.4 Å². The van der Waals surface area contributed by atoms with Gasteiger partial charge in [0.1, 0.15) is 5.82 Å². The van der Waals surface area contributed by atoms with Crippen LogP contribution in [0.3, 0.4) is 0 Å². The molecule has 0 amide bonds. The van der Waals surface area contributed by atoms with Crippen LogP contribution >= 0.6 is 12.4 Å². The minimum atomic E-state index is -0.458. The first-order valence-corrected chi connectivity index (χ1v) is 4.75. The summed E-state index contributed by atoms with van der Waals surface area (Å²) in [5.41, 5.74) is 6.18. The number of rotatable bonds is 3. The van der Waals surface area contributed by atoms with E-state index < -0.39 is 4.92 Å². The maximum Gasteiger partial charge on any atom is 0.269 e. The lowest BCUT2D eigenvalue weighted by Crippen LogP contribution is -1.99. The molecule has 0 saturated carbocycles. The second-order valence-corrected chi connectivity index (χ2v) is 3.23. The van der Waals surface area contributed by atoms with Crippen molar-refractivity contribution in [1.29, 1.82) is 0 Å². The summed E-state index contributed by atoms with van der Waals surface area (Å²) in [4.78, 5) is 17.9. The van der Waals surface area contributed by atoms with E-state index in [4.69, 9.17) is 5.73 Å². The fourth-order valence-electron chi connectivity index (χ4n) is 1.23. The van der Waals surface area contributed by atoms with E-state index >= 15 is 0 Å². The van der Waals surface area contributed by atoms with Gasteiger partial charge in [-0.1, -0.05) is 0 Å². The zero-order valence-corrected chi connectivity index (χ0v) is 9.92. The molecule has 0 aliphatic heterocycles. The number of nitro groups is 1. The lowest BCUT2D eigenvalue weighted by atomic mass is 10.3. The molecule has 1 aromatic carbocycles. The van der Waals surface area contributed by atoms with Crippen LogP contribution in [0, 0.1) is 10.1 Å². The van der Waals surface area contributed by atoms with Crippen LogP contribution in [0.1, 0.15) is 0 Å². The summed E-state index contributed by atoms with van der Waals surface area (Å²) in [5, 5.41) is 13.3. The van der Waals surface area contributed by atoms with Gasteiger partial charge in [-0.25, -0.2) is 4.98 Å². The average molecular weight is 268 g/mol. The molecule has 0 fully saturated rings. The number of nitrogens with zero attached hydrogens (tertiary/aromatic N) is 3. The Hall–Kier alpha value is -2.41. The Morgan fingerprint density at radius 1 is 1.22 bits per heavy atom. The highest BCUT2D eigenvalue weighted by atomic mass is 35.5. The molecule has 0 aliphatic carbocycles. The van der Waals surface area contributed by atoms with Crippen LogP contribution in [0.2, 0.25) is 0 Å². The van der Waals surface area contributed by atoms with Gasteiger partial charge in [0.05, 0.1) is 4.92 Å². The second kappa shape index (κ2) is 5.78. The lowest BCUT2D eigenvalue weighted by molar-refractivity contribution is -0.384. The number of anilines is 3.